The molecule has 0 aliphatic rings. The van der Waals surface area contributed by atoms with Gasteiger partial charge in [0, 0.05) is 18.2 Å². The zero-order valence-corrected chi connectivity index (χ0v) is 25.0. The van der Waals surface area contributed by atoms with Gasteiger partial charge in [-0.15, -0.1) is 12.4 Å². The van der Waals surface area contributed by atoms with E-state index in [0.717, 1.165) is 28.3 Å². The van der Waals surface area contributed by atoms with Crippen molar-refractivity contribution in [1.82, 2.24) is 15.3 Å². The summed E-state index contributed by atoms with van der Waals surface area (Å²) in [6.45, 7) is 4.98. The predicted molar refractivity (Wildman–Crippen MR) is 163 cm³/mol. The van der Waals surface area contributed by atoms with Gasteiger partial charge in [-0.3, -0.25) is 0 Å². The molecule has 0 aliphatic heterocycles. The van der Waals surface area contributed by atoms with Gasteiger partial charge in [0.15, 0.2) is 0 Å². The minimum Gasteiger partial charge on any atom is -0.478 e. The van der Waals surface area contributed by atoms with Crippen LogP contribution >= 0.6 is 12.4 Å². The molecule has 1 unspecified atom stereocenters. The maximum Gasteiger partial charge on any atom is 0.335 e. The van der Waals surface area contributed by atoms with Gasteiger partial charge < -0.3 is 19.9 Å². The molecule has 42 heavy (non-hydrogen) atoms. The number of carbonyl (C=O) groups is 1. The van der Waals surface area contributed by atoms with E-state index in [0.29, 0.717) is 18.8 Å². The summed E-state index contributed by atoms with van der Waals surface area (Å²) in [4.78, 5) is 20.0. The minimum atomic E-state index is -4.22. The van der Waals surface area contributed by atoms with Crippen LogP contribution in [0.5, 0.6) is 5.88 Å². The Hall–Kier alpha value is -4.03. The third-order valence-corrected chi connectivity index (χ3v) is 7.52. The number of aromatic carboxylic acids is 1. The Bertz CT molecular complexity index is 1600. The van der Waals surface area contributed by atoms with E-state index in [-0.39, 0.29) is 41.3 Å². The van der Waals surface area contributed by atoms with Gasteiger partial charge in [-0.1, -0.05) is 54.6 Å². The Kier molecular flexibility index (Phi) is 11.4. The van der Waals surface area contributed by atoms with Crippen LogP contribution in [0.1, 0.15) is 27.0 Å². The maximum atomic E-state index is 13.2. The van der Waals surface area contributed by atoms with Crippen LogP contribution in [0.2, 0.25) is 0 Å². The lowest BCUT2D eigenvalue weighted by molar-refractivity contribution is 0.0400. The van der Waals surface area contributed by atoms with E-state index in [1.54, 1.807) is 13.1 Å². The number of rotatable bonds is 13. The summed E-state index contributed by atoms with van der Waals surface area (Å²) in [6.07, 6.45) is -0.443. The molecule has 0 amide bonds. The molecule has 3 aromatic carbocycles. The summed E-state index contributed by atoms with van der Waals surface area (Å²) < 4.78 is 40.9. The Morgan fingerprint density at radius 2 is 1.64 bits per heavy atom. The van der Waals surface area contributed by atoms with Crippen LogP contribution in [0.3, 0.4) is 0 Å². The van der Waals surface area contributed by atoms with Crippen LogP contribution in [0, 0.1) is 13.8 Å². The van der Waals surface area contributed by atoms with Crippen LogP contribution in [-0.2, 0) is 21.4 Å². The number of likely N-dealkylation sites (N-methyl/N-ethyl adjacent to an activating group) is 1. The molecular weight excluding hydrogens is 580 g/mol. The zero-order chi connectivity index (χ0) is 29.4. The standard InChI is InChI=1S/C30H32N4O6S.ClH/c1-20-9-7-10-21(2)28(20)26-16-27(40-24(17-31-3)19-39-18-22-11-5-4-6-12-22)33-30(32-26)34-41(37,38)25-14-8-13-23(15-25)29(35)36;/h4-16,24,31H,17-19H2,1-3H3,(H,35,36)(H,32,33,34);1H. The quantitative estimate of drug-likeness (QED) is 0.193. The molecule has 1 aromatic heterocycles. The fourth-order valence-corrected chi connectivity index (χ4v) is 5.26. The molecule has 4 aromatic rings. The SMILES string of the molecule is CNCC(COCc1ccccc1)Oc1cc(-c2c(C)cccc2C)nc(NS(=O)(=O)c2cccc(C(=O)O)c2)n1.Cl. The molecule has 0 bridgehead atoms. The van der Waals surface area contributed by atoms with Crippen molar-refractivity contribution in [2.24, 2.45) is 0 Å². The highest BCUT2D eigenvalue weighted by Gasteiger charge is 2.21. The number of nitrogens with one attached hydrogen (secondary N) is 2. The van der Waals surface area contributed by atoms with Gasteiger partial charge in [-0.25, -0.2) is 22.9 Å². The Balaban J connectivity index is 0.00000484. The molecule has 222 valence electrons. The molecule has 0 saturated heterocycles. The van der Waals surface area contributed by atoms with Gasteiger partial charge in [-0.2, -0.15) is 4.98 Å². The van der Waals surface area contributed by atoms with Crippen LogP contribution in [0.4, 0.5) is 5.95 Å². The van der Waals surface area contributed by atoms with E-state index in [2.05, 4.69) is 20.0 Å². The number of benzene rings is 3. The van der Waals surface area contributed by atoms with Crippen molar-refractivity contribution < 1.29 is 27.8 Å². The van der Waals surface area contributed by atoms with Crippen molar-refractivity contribution >= 4 is 34.3 Å². The first-order valence-corrected chi connectivity index (χ1v) is 14.4. The lowest BCUT2D eigenvalue weighted by Gasteiger charge is -2.20. The van der Waals surface area contributed by atoms with Crippen LogP contribution in [-0.4, -0.2) is 55.8 Å². The van der Waals surface area contributed by atoms with Gasteiger partial charge in [0.1, 0.15) is 6.10 Å². The number of hydrogen-bond donors (Lipinski definition) is 3. The molecule has 12 heteroatoms. The summed E-state index contributed by atoms with van der Waals surface area (Å²) in [5.41, 5.74) is 4.03. The molecule has 1 heterocycles. The van der Waals surface area contributed by atoms with Crippen molar-refractivity contribution in [2.45, 2.75) is 31.5 Å². The lowest BCUT2D eigenvalue weighted by atomic mass is 10.00. The number of ether oxygens (including phenoxy) is 2. The van der Waals surface area contributed by atoms with Crippen molar-refractivity contribution in [1.29, 1.82) is 0 Å². The fraction of sp³-hybridized carbons (Fsp3) is 0.233. The van der Waals surface area contributed by atoms with Crippen molar-refractivity contribution in [3.63, 3.8) is 0 Å². The van der Waals surface area contributed by atoms with E-state index >= 15 is 0 Å². The van der Waals surface area contributed by atoms with E-state index < -0.39 is 22.1 Å². The van der Waals surface area contributed by atoms with Crippen LogP contribution in [0.15, 0.2) is 83.8 Å². The molecule has 3 N–H and O–H groups in total. The minimum absolute atomic E-state index is 0. The molecule has 0 aliphatic carbocycles. The number of aromatic nitrogens is 2. The van der Waals surface area contributed by atoms with Gasteiger partial charge in [0.05, 0.1) is 29.4 Å². The maximum absolute atomic E-state index is 13.2. The molecule has 0 radical (unpaired) electrons. The van der Waals surface area contributed by atoms with Crippen molar-refractivity contribution in [3.8, 4) is 17.1 Å². The second-order valence-corrected chi connectivity index (χ2v) is 11.1. The van der Waals surface area contributed by atoms with Gasteiger partial charge in [-0.05, 0) is 55.8 Å². The highest BCUT2D eigenvalue weighted by molar-refractivity contribution is 7.92. The summed E-state index contributed by atoms with van der Waals surface area (Å²) in [5.74, 6) is -1.30. The number of carboxylic acids is 1. The first kappa shape index (κ1) is 32.5. The molecule has 0 saturated carbocycles. The summed E-state index contributed by atoms with van der Waals surface area (Å²) in [7, 11) is -2.43. The van der Waals surface area contributed by atoms with E-state index in [9.17, 15) is 18.3 Å². The Morgan fingerprint density at radius 1 is 0.952 bits per heavy atom. The number of anilines is 1. The predicted octanol–water partition coefficient (Wildman–Crippen LogP) is 4.86. The number of aryl methyl sites for hydroxylation is 2. The van der Waals surface area contributed by atoms with Gasteiger partial charge in [0.2, 0.25) is 11.8 Å². The van der Waals surface area contributed by atoms with E-state index in [1.807, 2.05) is 62.4 Å². The number of halogens is 1. The number of carboxylic acid groups (broad SMARTS) is 1. The average Bonchev–Trinajstić information content (AvgIpc) is 2.93. The molecule has 0 spiro atoms. The third-order valence-electron chi connectivity index (χ3n) is 6.19. The van der Waals surface area contributed by atoms with Crippen LogP contribution < -0.4 is 14.8 Å². The van der Waals surface area contributed by atoms with Gasteiger partial charge >= 0.3 is 5.97 Å². The first-order valence-electron chi connectivity index (χ1n) is 12.9. The van der Waals surface area contributed by atoms with E-state index in [4.69, 9.17) is 9.47 Å². The first-order chi connectivity index (χ1) is 19.7. The molecule has 10 nitrogen and oxygen atoms in total. The lowest BCUT2D eigenvalue weighted by Crippen LogP contribution is -2.34. The highest BCUT2D eigenvalue weighted by Crippen LogP contribution is 2.29. The number of nitrogens with zero attached hydrogens (tertiary/aromatic N) is 2. The monoisotopic (exact) mass is 612 g/mol. The molecule has 1 atom stereocenters. The number of hydrogen-bond acceptors (Lipinski definition) is 8. The summed E-state index contributed by atoms with van der Waals surface area (Å²) in [6, 6.07) is 22.3. The largest absolute Gasteiger partial charge is 0.478 e. The molecular formula is C30H33ClN4O6S. The highest BCUT2D eigenvalue weighted by atomic mass is 35.5. The average molecular weight is 613 g/mol. The Labute approximate surface area is 251 Å². The van der Waals surface area contributed by atoms with Crippen molar-refractivity contribution in [3.05, 3.63) is 101 Å². The topological polar surface area (TPSA) is 140 Å². The normalized spacial score (nSPS) is 11.8. The second-order valence-electron chi connectivity index (χ2n) is 9.42. The molecule has 4 rings (SSSR count). The zero-order valence-electron chi connectivity index (χ0n) is 23.4. The van der Waals surface area contributed by atoms with Crippen LogP contribution in [0.25, 0.3) is 11.3 Å². The van der Waals surface area contributed by atoms with Crippen molar-refractivity contribution in [2.75, 3.05) is 24.9 Å². The summed E-state index contributed by atoms with van der Waals surface area (Å²) >= 11 is 0. The smallest absolute Gasteiger partial charge is 0.335 e. The third kappa shape index (κ3) is 8.49. The summed E-state index contributed by atoms with van der Waals surface area (Å²) in [5, 5.41) is 12.4. The number of sulfonamides is 1. The van der Waals surface area contributed by atoms with Gasteiger partial charge in [0.25, 0.3) is 10.0 Å². The second kappa shape index (κ2) is 14.7. The fourth-order valence-electron chi connectivity index (χ4n) is 4.27. The Morgan fingerprint density at radius 3 is 2.31 bits per heavy atom. The molecule has 0 fully saturated rings. The van der Waals surface area contributed by atoms with E-state index in [1.165, 1.54) is 18.2 Å².